The number of hydrogen-bond donors (Lipinski definition) is 2. The predicted octanol–water partition coefficient (Wildman–Crippen LogP) is 4.28. The number of esters is 1. The number of oxime groups is 1. The van der Waals surface area contributed by atoms with Gasteiger partial charge in [0, 0.05) is 48.2 Å². The normalized spacial score (nSPS) is 37.4. The van der Waals surface area contributed by atoms with E-state index in [0.717, 1.165) is 5.52 Å². The van der Waals surface area contributed by atoms with Crippen LogP contribution in [0.15, 0.2) is 35.7 Å². The molecule has 57 heavy (non-hydrogen) atoms. The van der Waals surface area contributed by atoms with Crippen molar-refractivity contribution in [2.75, 3.05) is 27.8 Å². The van der Waals surface area contributed by atoms with Gasteiger partial charge >= 0.3 is 12.1 Å². The molecule has 3 aliphatic rings. The second-order valence-electron chi connectivity index (χ2n) is 16.3. The number of aliphatic hydroxyl groups is 1. The molecule has 15 nitrogen and oxygen atoms in total. The number of alkyl carbamates (subject to hydrolysis) is 1. The zero-order valence-electron chi connectivity index (χ0n) is 35.0. The van der Waals surface area contributed by atoms with E-state index in [1.165, 1.54) is 14.0 Å². The van der Waals surface area contributed by atoms with Crippen molar-refractivity contribution >= 4 is 34.6 Å². The summed E-state index contributed by atoms with van der Waals surface area (Å²) < 4.78 is 31.6. The van der Waals surface area contributed by atoms with Gasteiger partial charge in [0.05, 0.1) is 40.6 Å². The van der Waals surface area contributed by atoms with Gasteiger partial charge in [-0.3, -0.25) is 19.6 Å². The van der Waals surface area contributed by atoms with Crippen molar-refractivity contribution in [1.29, 1.82) is 0 Å². The van der Waals surface area contributed by atoms with Crippen molar-refractivity contribution < 1.29 is 48.0 Å². The van der Waals surface area contributed by atoms with E-state index in [9.17, 15) is 19.5 Å². The minimum absolute atomic E-state index is 0.0469. The Hall–Kier alpha value is -4.20. The lowest BCUT2D eigenvalue weighted by molar-refractivity contribution is -0.277. The van der Waals surface area contributed by atoms with Crippen molar-refractivity contribution in [1.82, 2.24) is 20.2 Å². The molecule has 0 radical (unpaired) electrons. The fraction of sp³-hybridized carbons (Fsp3) is 0.667. The van der Waals surface area contributed by atoms with Crippen molar-refractivity contribution in [3.8, 4) is 11.8 Å². The van der Waals surface area contributed by atoms with E-state index >= 15 is 0 Å². The third kappa shape index (κ3) is 9.42. The van der Waals surface area contributed by atoms with Crippen molar-refractivity contribution in [3.05, 3.63) is 36.2 Å². The molecule has 5 rings (SSSR count). The maximum Gasteiger partial charge on any atom is 0.408 e. The number of nitrogens with one attached hydrogen (secondary N) is 1. The molecule has 0 aromatic carbocycles. The Kier molecular flexibility index (Phi) is 14.0. The second-order valence-corrected chi connectivity index (χ2v) is 16.3. The predicted molar refractivity (Wildman–Crippen MR) is 211 cm³/mol. The largest absolute Gasteiger partial charge is 0.458 e. The first-order valence-electron chi connectivity index (χ1n) is 19.8. The van der Waals surface area contributed by atoms with Crippen molar-refractivity contribution in [2.45, 2.75) is 129 Å². The minimum atomic E-state index is -1.33. The van der Waals surface area contributed by atoms with Gasteiger partial charge in [-0.15, -0.1) is 0 Å². The van der Waals surface area contributed by atoms with Gasteiger partial charge in [0.25, 0.3) is 0 Å². The first-order valence-corrected chi connectivity index (χ1v) is 19.8. The van der Waals surface area contributed by atoms with Gasteiger partial charge in [-0.05, 0) is 72.8 Å². The molecule has 0 saturated carbocycles. The molecule has 2 unspecified atom stereocenters. The Morgan fingerprint density at radius 3 is 2.51 bits per heavy atom. The van der Waals surface area contributed by atoms with E-state index in [-0.39, 0.29) is 25.2 Å². The van der Waals surface area contributed by atoms with E-state index in [0.29, 0.717) is 29.6 Å². The minimum Gasteiger partial charge on any atom is -0.458 e. The summed E-state index contributed by atoms with van der Waals surface area (Å²) in [7, 11) is 5.20. The van der Waals surface area contributed by atoms with Gasteiger partial charge in [0.2, 0.25) is 0 Å². The topological polar surface area (TPSA) is 180 Å². The van der Waals surface area contributed by atoms with Crippen LogP contribution in [0.1, 0.15) is 80.2 Å². The number of likely N-dealkylation sites (N-methyl/N-ethyl adjacent to an activating group) is 1. The lowest BCUT2D eigenvalue weighted by Crippen LogP contribution is -2.59. The third-order valence-electron chi connectivity index (χ3n) is 12.1. The van der Waals surface area contributed by atoms with Crippen LogP contribution in [-0.4, -0.2) is 125 Å². The molecule has 0 aliphatic carbocycles. The number of pyridine rings is 2. The monoisotopic (exact) mass is 793 g/mol. The molecule has 2 N–H and O–H groups in total. The zero-order chi connectivity index (χ0) is 41.8. The molecular weight excluding hydrogens is 734 g/mol. The summed E-state index contributed by atoms with van der Waals surface area (Å²) in [5.74, 6) is 1.83. The molecule has 3 fully saturated rings. The van der Waals surface area contributed by atoms with Crippen LogP contribution in [0.2, 0.25) is 0 Å². The standard InChI is InChI=1S/C42H59N5O10/c1-12-33-42(8)37(45-40(51)57-42)25(4)34(46-52-11)27(6)41(7,53-18-14-15-28-20-30-29(44-22-28)16-13-17-43-30)21-32(24(3)35(48)26(5)38(50)56-33)55-39-36(49)31(47(9)10)19-23(2)54-39/h13,16-17,20,22-27,31-33,36-37,39,49H,12,18-19,21H2,1-11H3,(H,45,51)/b46-34-/t23-,24-,25+,26-,27+,31+,32+,33-,36-,37?,39?,41-,42-/m1/s1. The number of amides is 1. The number of carbonyl (C=O) groups is 3. The smallest absolute Gasteiger partial charge is 0.408 e. The van der Waals surface area contributed by atoms with Gasteiger partial charge < -0.3 is 43.8 Å². The first kappa shape index (κ1) is 43.9. The highest BCUT2D eigenvalue weighted by Crippen LogP contribution is 2.41. The van der Waals surface area contributed by atoms with Crippen molar-refractivity contribution in [2.24, 2.45) is 28.8 Å². The number of cyclic esters (lactones) is 1. The highest BCUT2D eigenvalue weighted by molar-refractivity contribution is 6.00. The number of hydrogen-bond acceptors (Lipinski definition) is 14. The Labute approximate surface area is 335 Å². The van der Waals surface area contributed by atoms with Gasteiger partial charge in [-0.2, -0.15) is 0 Å². The lowest BCUT2D eigenvalue weighted by atomic mass is 9.72. The van der Waals surface area contributed by atoms with E-state index in [2.05, 4.69) is 32.3 Å². The number of aromatic nitrogens is 2. The number of carbonyl (C=O) groups excluding carboxylic acids is 3. The highest BCUT2D eigenvalue weighted by atomic mass is 16.7. The Morgan fingerprint density at radius 1 is 1.09 bits per heavy atom. The molecule has 312 valence electrons. The van der Waals surface area contributed by atoms with Gasteiger partial charge in [0.1, 0.15) is 31.8 Å². The summed E-state index contributed by atoms with van der Waals surface area (Å²) in [6, 6.07) is 4.54. The maximum absolute atomic E-state index is 14.4. The van der Waals surface area contributed by atoms with Crippen LogP contribution in [0.25, 0.3) is 11.0 Å². The summed E-state index contributed by atoms with van der Waals surface area (Å²) in [4.78, 5) is 57.4. The van der Waals surface area contributed by atoms with Gasteiger partial charge in [-0.25, -0.2) is 4.79 Å². The molecule has 15 heteroatoms. The molecule has 0 bridgehead atoms. The fourth-order valence-corrected chi connectivity index (χ4v) is 8.43. The number of ether oxygens (including phenoxy) is 5. The molecule has 0 spiro atoms. The molecule has 2 aromatic heterocycles. The number of Topliss-reactive ketones (excluding diaryl/α,β-unsaturated/α-hetero) is 1. The molecule has 5 heterocycles. The van der Waals surface area contributed by atoms with Crippen LogP contribution in [0.4, 0.5) is 4.79 Å². The number of aliphatic hydroxyl groups excluding tert-OH is 1. The van der Waals surface area contributed by atoms with E-state index in [1.807, 2.05) is 71.8 Å². The number of fused-ring (bicyclic) bond motifs is 2. The number of nitrogens with zero attached hydrogens (tertiary/aromatic N) is 4. The summed E-state index contributed by atoms with van der Waals surface area (Å²) >= 11 is 0. The fourth-order valence-electron chi connectivity index (χ4n) is 8.43. The summed E-state index contributed by atoms with van der Waals surface area (Å²) in [6.07, 6.45) is -0.635. The quantitative estimate of drug-likeness (QED) is 0.176. The maximum atomic E-state index is 14.4. The van der Waals surface area contributed by atoms with Gasteiger partial charge in [0.15, 0.2) is 17.7 Å². The average molecular weight is 794 g/mol. The van der Waals surface area contributed by atoms with E-state index < -0.39 is 83.4 Å². The Balaban J connectivity index is 1.60. The molecule has 3 saturated heterocycles. The molecule has 1 amide bonds. The summed E-state index contributed by atoms with van der Waals surface area (Å²) in [5.41, 5.74) is 0.104. The van der Waals surface area contributed by atoms with Gasteiger partial charge in [-0.1, -0.05) is 44.7 Å². The highest BCUT2D eigenvalue weighted by Gasteiger charge is 2.57. The van der Waals surface area contributed by atoms with Crippen LogP contribution >= 0.6 is 0 Å². The van der Waals surface area contributed by atoms with E-state index in [4.69, 9.17) is 28.5 Å². The molecule has 3 aliphatic heterocycles. The summed E-state index contributed by atoms with van der Waals surface area (Å²) in [5, 5.41) is 19.0. The zero-order valence-corrected chi connectivity index (χ0v) is 35.0. The molecule has 2 aromatic rings. The first-order chi connectivity index (χ1) is 26.9. The van der Waals surface area contributed by atoms with Crippen LogP contribution in [-0.2, 0) is 38.1 Å². The van der Waals surface area contributed by atoms with Crippen LogP contribution < -0.4 is 5.32 Å². The molecular formula is C42H59N5O10. The summed E-state index contributed by atoms with van der Waals surface area (Å²) in [6.45, 7) is 14.3. The Morgan fingerprint density at radius 2 is 1.82 bits per heavy atom. The van der Waals surface area contributed by atoms with Crippen LogP contribution in [0.5, 0.6) is 0 Å². The van der Waals surface area contributed by atoms with E-state index in [1.54, 1.807) is 26.2 Å². The second kappa shape index (κ2) is 18.2. The van der Waals surface area contributed by atoms with Crippen LogP contribution in [0.3, 0.4) is 0 Å². The Bertz CT molecular complexity index is 1860. The third-order valence-corrected chi connectivity index (χ3v) is 12.1. The van der Waals surface area contributed by atoms with Crippen LogP contribution in [0, 0.1) is 35.5 Å². The average Bonchev–Trinajstić information content (AvgIpc) is 3.50. The number of ketones is 1. The van der Waals surface area contributed by atoms with Crippen molar-refractivity contribution in [3.63, 3.8) is 0 Å². The number of rotatable bonds is 7. The SMILES string of the molecule is CC[C@H]1OC(=O)[C@H](C)C(=O)[C@H](C)[C@@H](OC2O[C@H](C)C[C@H](N(C)C)[C@H]2O)C[C@@](C)(OCC#Cc2cnc3cccnc3c2)[C@@H](C)/C(=N\OC)[C@H](C)C2NC(=O)O[C@@]21C. The lowest BCUT2D eigenvalue weighted by Gasteiger charge is -2.46. The molecule has 13 atom stereocenters.